The zero-order valence-electron chi connectivity index (χ0n) is 11.4. The molecule has 0 heterocycles. The molecule has 20 heavy (non-hydrogen) atoms. The molecule has 0 spiro atoms. The van der Waals surface area contributed by atoms with E-state index in [1.807, 2.05) is 18.2 Å². The number of aryl methyl sites for hydroxylation is 1. The molecule has 2 nitrogen and oxygen atoms in total. The lowest BCUT2D eigenvalue weighted by molar-refractivity contribution is 0.475. The van der Waals surface area contributed by atoms with E-state index in [0.29, 0.717) is 11.8 Å². The van der Waals surface area contributed by atoms with Gasteiger partial charge in [0, 0.05) is 12.6 Å². The Kier molecular flexibility index (Phi) is 3.84. The summed E-state index contributed by atoms with van der Waals surface area (Å²) < 4.78 is 0. The Morgan fingerprint density at radius 3 is 2.80 bits per heavy atom. The predicted octanol–water partition coefficient (Wildman–Crippen LogP) is 3.51. The molecule has 1 unspecified atom stereocenters. The first-order valence-electron chi connectivity index (χ1n) is 7.09. The molecule has 0 aromatic heterocycles. The van der Waals surface area contributed by atoms with Crippen molar-refractivity contribution in [2.45, 2.75) is 25.4 Å². The van der Waals surface area contributed by atoms with Crippen LogP contribution in [0.2, 0.25) is 0 Å². The minimum absolute atomic E-state index is 0.337. The molecule has 1 atom stereocenters. The van der Waals surface area contributed by atoms with Crippen molar-refractivity contribution in [3.05, 3.63) is 71.3 Å². The molecule has 2 aromatic carbocycles. The van der Waals surface area contributed by atoms with Gasteiger partial charge in [-0.3, -0.25) is 0 Å². The maximum atomic E-state index is 9.55. The zero-order chi connectivity index (χ0) is 13.8. The van der Waals surface area contributed by atoms with Gasteiger partial charge in [0.1, 0.15) is 5.75 Å². The van der Waals surface area contributed by atoms with Gasteiger partial charge in [0.15, 0.2) is 0 Å². The molecule has 2 heteroatoms. The van der Waals surface area contributed by atoms with Crippen LogP contribution >= 0.6 is 0 Å². The van der Waals surface area contributed by atoms with Crippen molar-refractivity contribution in [3.8, 4) is 5.75 Å². The van der Waals surface area contributed by atoms with E-state index in [-0.39, 0.29) is 0 Å². The van der Waals surface area contributed by atoms with Crippen LogP contribution in [-0.2, 0) is 13.0 Å². The topological polar surface area (TPSA) is 32.3 Å². The highest BCUT2D eigenvalue weighted by atomic mass is 16.3. The SMILES string of the molecule is Oc1ccc2c(c1)C=CC(NCc1ccccc1)CC2. The quantitative estimate of drug-likeness (QED) is 0.890. The van der Waals surface area contributed by atoms with Crippen molar-refractivity contribution >= 4 is 6.08 Å². The first kappa shape index (κ1) is 12.9. The first-order chi connectivity index (χ1) is 9.81. The Morgan fingerprint density at radius 1 is 1.10 bits per heavy atom. The van der Waals surface area contributed by atoms with E-state index < -0.39 is 0 Å². The normalized spacial score (nSPS) is 17.5. The summed E-state index contributed by atoms with van der Waals surface area (Å²) in [6, 6.07) is 16.5. The van der Waals surface area contributed by atoms with E-state index in [2.05, 4.69) is 41.7 Å². The number of fused-ring (bicyclic) bond motifs is 1. The highest BCUT2D eigenvalue weighted by molar-refractivity contribution is 5.57. The monoisotopic (exact) mass is 265 g/mol. The van der Waals surface area contributed by atoms with Crippen molar-refractivity contribution in [2.24, 2.45) is 0 Å². The summed E-state index contributed by atoms with van der Waals surface area (Å²) in [5.74, 6) is 0.337. The minimum Gasteiger partial charge on any atom is -0.508 e. The molecule has 1 aliphatic rings. The van der Waals surface area contributed by atoms with Gasteiger partial charge in [0.25, 0.3) is 0 Å². The summed E-state index contributed by atoms with van der Waals surface area (Å²) in [4.78, 5) is 0. The van der Waals surface area contributed by atoms with Crippen LogP contribution in [0.25, 0.3) is 6.08 Å². The van der Waals surface area contributed by atoms with Crippen molar-refractivity contribution in [1.82, 2.24) is 5.32 Å². The van der Waals surface area contributed by atoms with Crippen molar-refractivity contribution in [3.63, 3.8) is 0 Å². The second kappa shape index (κ2) is 5.93. The Bertz CT molecular complexity index is 604. The average Bonchev–Trinajstić information content (AvgIpc) is 2.68. The van der Waals surface area contributed by atoms with E-state index >= 15 is 0 Å². The number of phenols is 1. The number of phenolic OH excluding ortho intramolecular Hbond substituents is 1. The summed E-state index contributed by atoms with van der Waals surface area (Å²) in [6.07, 6.45) is 6.44. The van der Waals surface area contributed by atoms with Gasteiger partial charge in [-0.25, -0.2) is 0 Å². The maximum Gasteiger partial charge on any atom is 0.116 e. The molecule has 1 aliphatic carbocycles. The van der Waals surface area contributed by atoms with Gasteiger partial charge in [-0.2, -0.15) is 0 Å². The summed E-state index contributed by atoms with van der Waals surface area (Å²) >= 11 is 0. The summed E-state index contributed by atoms with van der Waals surface area (Å²) in [6.45, 7) is 0.886. The Balaban J connectivity index is 1.65. The summed E-state index contributed by atoms with van der Waals surface area (Å²) in [5, 5.41) is 13.1. The third-order valence-electron chi connectivity index (χ3n) is 3.77. The summed E-state index contributed by atoms with van der Waals surface area (Å²) in [5.41, 5.74) is 3.75. The zero-order valence-corrected chi connectivity index (χ0v) is 11.4. The third-order valence-corrected chi connectivity index (χ3v) is 3.77. The molecule has 0 saturated heterocycles. The number of nitrogens with one attached hydrogen (secondary N) is 1. The molecule has 3 rings (SSSR count). The van der Waals surface area contributed by atoms with Crippen LogP contribution in [0.5, 0.6) is 5.75 Å². The third kappa shape index (κ3) is 3.09. The second-order valence-electron chi connectivity index (χ2n) is 5.25. The number of rotatable bonds is 3. The highest BCUT2D eigenvalue weighted by Crippen LogP contribution is 2.23. The second-order valence-corrected chi connectivity index (χ2v) is 5.25. The lowest BCUT2D eigenvalue weighted by Crippen LogP contribution is -2.26. The Labute approximate surface area is 119 Å². The number of hydrogen-bond acceptors (Lipinski definition) is 2. The predicted molar refractivity (Wildman–Crippen MR) is 82.5 cm³/mol. The van der Waals surface area contributed by atoms with Crippen LogP contribution in [0.3, 0.4) is 0 Å². The van der Waals surface area contributed by atoms with Crippen LogP contribution in [-0.4, -0.2) is 11.1 Å². The van der Waals surface area contributed by atoms with E-state index in [0.717, 1.165) is 24.9 Å². The molecule has 2 aromatic rings. The fourth-order valence-electron chi connectivity index (χ4n) is 2.61. The first-order valence-corrected chi connectivity index (χ1v) is 7.09. The van der Waals surface area contributed by atoms with E-state index in [9.17, 15) is 5.11 Å². The van der Waals surface area contributed by atoms with Gasteiger partial charge >= 0.3 is 0 Å². The van der Waals surface area contributed by atoms with E-state index in [1.54, 1.807) is 6.07 Å². The van der Waals surface area contributed by atoms with Gasteiger partial charge in [0.2, 0.25) is 0 Å². The largest absolute Gasteiger partial charge is 0.508 e. The smallest absolute Gasteiger partial charge is 0.116 e. The average molecular weight is 265 g/mol. The van der Waals surface area contributed by atoms with Crippen LogP contribution in [0.15, 0.2) is 54.6 Å². The van der Waals surface area contributed by atoms with Crippen LogP contribution in [0.4, 0.5) is 0 Å². The van der Waals surface area contributed by atoms with Crippen molar-refractivity contribution in [1.29, 1.82) is 0 Å². The minimum atomic E-state index is 0.337. The van der Waals surface area contributed by atoms with E-state index in [4.69, 9.17) is 0 Å². The molecule has 0 radical (unpaired) electrons. The molecule has 0 amide bonds. The fraction of sp³-hybridized carbons (Fsp3) is 0.222. The number of aromatic hydroxyl groups is 1. The van der Waals surface area contributed by atoms with Gasteiger partial charge in [-0.15, -0.1) is 0 Å². The van der Waals surface area contributed by atoms with Crippen LogP contribution in [0.1, 0.15) is 23.1 Å². The Hall–Kier alpha value is -2.06. The van der Waals surface area contributed by atoms with Gasteiger partial charge in [0.05, 0.1) is 0 Å². The van der Waals surface area contributed by atoms with E-state index in [1.165, 1.54) is 11.1 Å². The molecule has 2 N–H and O–H groups in total. The van der Waals surface area contributed by atoms with Crippen LogP contribution in [0, 0.1) is 0 Å². The van der Waals surface area contributed by atoms with Gasteiger partial charge in [-0.1, -0.05) is 48.6 Å². The van der Waals surface area contributed by atoms with Crippen molar-refractivity contribution < 1.29 is 5.11 Å². The lowest BCUT2D eigenvalue weighted by Gasteiger charge is -2.13. The number of benzene rings is 2. The van der Waals surface area contributed by atoms with Gasteiger partial charge in [-0.05, 0) is 41.7 Å². The van der Waals surface area contributed by atoms with Gasteiger partial charge < -0.3 is 10.4 Å². The molecular formula is C18H19NO. The molecular weight excluding hydrogens is 246 g/mol. The number of hydrogen-bond donors (Lipinski definition) is 2. The lowest BCUT2D eigenvalue weighted by atomic mass is 10.0. The molecule has 0 aliphatic heterocycles. The molecule has 0 saturated carbocycles. The highest BCUT2D eigenvalue weighted by Gasteiger charge is 2.11. The molecule has 0 bridgehead atoms. The molecule has 0 fully saturated rings. The van der Waals surface area contributed by atoms with Crippen molar-refractivity contribution in [2.75, 3.05) is 0 Å². The maximum absolute atomic E-state index is 9.55. The fourth-order valence-corrected chi connectivity index (χ4v) is 2.61. The Morgan fingerprint density at radius 2 is 1.95 bits per heavy atom. The standard InChI is InChI=1S/C18H19NO/c20-18-11-8-15-6-9-17(10-7-16(15)12-18)19-13-14-4-2-1-3-5-14/h1-5,7-8,10-12,17,19-20H,6,9,13H2. The molecule has 102 valence electrons. The van der Waals surface area contributed by atoms with Crippen LogP contribution < -0.4 is 5.32 Å². The summed E-state index contributed by atoms with van der Waals surface area (Å²) in [7, 11) is 0.